The van der Waals surface area contributed by atoms with Gasteiger partial charge in [0.25, 0.3) is 0 Å². The lowest BCUT2D eigenvalue weighted by Crippen LogP contribution is -2.40. The highest BCUT2D eigenvalue weighted by atomic mass is 32.2. The van der Waals surface area contributed by atoms with Gasteiger partial charge < -0.3 is 5.32 Å². The molecule has 0 aromatic heterocycles. The van der Waals surface area contributed by atoms with Crippen LogP contribution < -0.4 is 5.32 Å². The van der Waals surface area contributed by atoms with E-state index >= 15 is 0 Å². The second kappa shape index (κ2) is 5.87. The number of hydrogen-bond donors (Lipinski definition) is 1. The van der Waals surface area contributed by atoms with Crippen LogP contribution in [0.2, 0.25) is 0 Å². The summed E-state index contributed by atoms with van der Waals surface area (Å²) >= 11 is 3.98. The van der Waals surface area contributed by atoms with E-state index in [1.165, 1.54) is 41.7 Å². The third-order valence-corrected chi connectivity index (χ3v) is 5.54. The number of nitrogens with one attached hydrogen (secondary N) is 1. The van der Waals surface area contributed by atoms with Gasteiger partial charge in [-0.2, -0.15) is 11.8 Å². The van der Waals surface area contributed by atoms with Gasteiger partial charge in [0, 0.05) is 17.5 Å². The van der Waals surface area contributed by atoms with E-state index in [-0.39, 0.29) is 0 Å². The fourth-order valence-corrected chi connectivity index (χ4v) is 4.30. The van der Waals surface area contributed by atoms with E-state index in [1.807, 2.05) is 11.8 Å². The zero-order valence-electron chi connectivity index (χ0n) is 11.2. The molecule has 0 aliphatic carbocycles. The summed E-state index contributed by atoms with van der Waals surface area (Å²) in [5, 5.41) is 4.85. The SMILES string of the molecule is CC(C)(C)C1CCSC(NC2CCCSC2)=N1. The van der Waals surface area contributed by atoms with Gasteiger partial charge in [0.05, 0.1) is 6.04 Å². The van der Waals surface area contributed by atoms with Gasteiger partial charge in [0.15, 0.2) is 5.17 Å². The van der Waals surface area contributed by atoms with Crippen LogP contribution in [0.4, 0.5) is 0 Å². The quantitative estimate of drug-likeness (QED) is 0.792. The Morgan fingerprint density at radius 2 is 2.06 bits per heavy atom. The van der Waals surface area contributed by atoms with Crippen molar-refractivity contribution in [3.05, 3.63) is 0 Å². The molecule has 4 heteroatoms. The largest absolute Gasteiger partial charge is 0.361 e. The average Bonchev–Trinajstić information content (AvgIpc) is 2.29. The minimum absolute atomic E-state index is 0.301. The van der Waals surface area contributed by atoms with Crippen molar-refractivity contribution < 1.29 is 0 Å². The molecule has 2 aliphatic heterocycles. The molecule has 2 atom stereocenters. The Balaban J connectivity index is 1.93. The maximum absolute atomic E-state index is 4.91. The van der Waals surface area contributed by atoms with Crippen LogP contribution in [0.1, 0.15) is 40.0 Å². The van der Waals surface area contributed by atoms with Crippen LogP contribution in [-0.2, 0) is 0 Å². The smallest absolute Gasteiger partial charge is 0.157 e. The number of rotatable bonds is 1. The summed E-state index contributed by atoms with van der Waals surface area (Å²) < 4.78 is 0. The first-order valence-corrected chi connectivity index (χ1v) is 8.74. The molecule has 0 radical (unpaired) electrons. The molecule has 0 aromatic carbocycles. The zero-order chi connectivity index (χ0) is 12.3. The van der Waals surface area contributed by atoms with Crippen molar-refractivity contribution in [1.29, 1.82) is 0 Å². The maximum Gasteiger partial charge on any atom is 0.157 e. The summed E-state index contributed by atoms with van der Waals surface area (Å²) in [5.41, 5.74) is 0.301. The Bertz CT molecular complexity index is 278. The van der Waals surface area contributed by atoms with Crippen LogP contribution in [0.5, 0.6) is 0 Å². The maximum atomic E-state index is 4.91. The molecule has 1 N–H and O–H groups in total. The van der Waals surface area contributed by atoms with E-state index < -0.39 is 0 Å². The topological polar surface area (TPSA) is 24.4 Å². The summed E-state index contributed by atoms with van der Waals surface area (Å²) in [6.45, 7) is 6.89. The van der Waals surface area contributed by atoms with Gasteiger partial charge in [0.2, 0.25) is 0 Å². The third kappa shape index (κ3) is 4.09. The molecule has 0 bridgehead atoms. The van der Waals surface area contributed by atoms with Crippen LogP contribution >= 0.6 is 23.5 Å². The van der Waals surface area contributed by atoms with Gasteiger partial charge in [0.1, 0.15) is 0 Å². The fourth-order valence-electron chi connectivity index (χ4n) is 2.25. The van der Waals surface area contributed by atoms with E-state index in [0.717, 1.165) is 0 Å². The monoisotopic (exact) mass is 272 g/mol. The fraction of sp³-hybridized carbons (Fsp3) is 0.923. The average molecular weight is 272 g/mol. The van der Waals surface area contributed by atoms with Crippen LogP contribution in [0, 0.1) is 5.41 Å². The molecule has 2 unspecified atom stereocenters. The van der Waals surface area contributed by atoms with Gasteiger partial charge >= 0.3 is 0 Å². The highest BCUT2D eigenvalue weighted by Crippen LogP contribution is 2.30. The molecule has 0 saturated carbocycles. The first kappa shape index (κ1) is 13.6. The molecule has 0 aromatic rings. The molecule has 2 aliphatic rings. The zero-order valence-corrected chi connectivity index (χ0v) is 12.8. The first-order valence-electron chi connectivity index (χ1n) is 6.60. The Morgan fingerprint density at radius 3 is 2.71 bits per heavy atom. The third-order valence-electron chi connectivity index (χ3n) is 3.39. The second-order valence-electron chi connectivity index (χ2n) is 6.01. The molecule has 17 heavy (non-hydrogen) atoms. The second-order valence-corrected chi connectivity index (χ2v) is 8.25. The normalized spacial score (nSPS) is 30.9. The molecule has 2 heterocycles. The lowest BCUT2D eigenvalue weighted by atomic mass is 9.85. The molecular formula is C13H24N2S2. The molecule has 1 fully saturated rings. The highest BCUT2D eigenvalue weighted by molar-refractivity contribution is 8.13. The summed E-state index contributed by atoms with van der Waals surface area (Å²) in [5.74, 6) is 3.80. The lowest BCUT2D eigenvalue weighted by molar-refractivity contribution is 0.315. The molecule has 2 nitrogen and oxygen atoms in total. The predicted octanol–water partition coefficient (Wildman–Crippen LogP) is 3.38. The number of hydrogen-bond acceptors (Lipinski definition) is 4. The van der Waals surface area contributed by atoms with Crippen molar-refractivity contribution in [2.24, 2.45) is 10.4 Å². The highest BCUT2D eigenvalue weighted by Gasteiger charge is 2.28. The minimum Gasteiger partial charge on any atom is -0.361 e. The Morgan fingerprint density at radius 1 is 1.24 bits per heavy atom. The van der Waals surface area contributed by atoms with E-state index in [0.29, 0.717) is 17.5 Å². The van der Waals surface area contributed by atoms with Crippen molar-refractivity contribution in [3.63, 3.8) is 0 Å². The van der Waals surface area contributed by atoms with Crippen LogP contribution in [0.3, 0.4) is 0 Å². The van der Waals surface area contributed by atoms with Gasteiger partial charge in [-0.05, 0) is 30.4 Å². The van der Waals surface area contributed by atoms with Crippen molar-refractivity contribution in [1.82, 2.24) is 5.32 Å². The Kier molecular flexibility index (Phi) is 4.70. The van der Waals surface area contributed by atoms with E-state index in [1.54, 1.807) is 0 Å². The first-order chi connectivity index (χ1) is 8.05. The van der Waals surface area contributed by atoms with Crippen molar-refractivity contribution in [2.75, 3.05) is 17.3 Å². The summed E-state index contributed by atoms with van der Waals surface area (Å²) in [4.78, 5) is 4.91. The predicted molar refractivity (Wildman–Crippen MR) is 81.2 cm³/mol. The number of amidine groups is 1. The summed E-state index contributed by atoms with van der Waals surface area (Å²) in [6, 6.07) is 1.14. The number of aliphatic imine (C=N–C) groups is 1. The van der Waals surface area contributed by atoms with Crippen LogP contribution in [0.15, 0.2) is 4.99 Å². The van der Waals surface area contributed by atoms with Crippen molar-refractivity contribution >= 4 is 28.7 Å². The van der Waals surface area contributed by atoms with Crippen molar-refractivity contribution in [3.8, 4) is 0 Å². The van der Waals surface area contributed by atoms with Crippen molar-refractivity contribution in [2.45, 2.75) is 52.1 Å². The molecule has 98 valence electrons. The molecule has 0 spiro atoms. The Hall–Kier alpha value is 0.170. The molecular weight excluding hydrogens is 248 g/mol. The van der Waals surface area contributed by atoms with Crippen LogP contribution in [-0.4, -0.2) is 34.5 Å². The number of nitrogens with zero attached hydrogens (tertiary/aromatic N) is 1. The van der Waals surface area contributed by atoms with Gasteiger partial charge in [-0.3, -0.25) is 4.99 Å². The van der Waals surface area contributed by atoms with E-state index in [2.05, 4.69) is 37.8 Å². The van der Waals surface area contributed by atoms with E-state index in [9.17, 15) is 0 Å². The Labute approximate surface area is 114 Å². The lowest BCUT2D eigenvalue weighted by Gasteiger charge is -2.32. The summed E-state index contributed by atoms with van der Waals surface area (Å²) in [7, 11) is 0. The van der Waals surface area contributed by atoms with Gasteiger partial charge in [-0.25, -0.2) is 0 Å². The number of thioether (sulfide) groups is 2. The van der Waals surface area contributed by atoms with Crippen LogP contribution in [0.25, 0.3) is 0 Å². The summed E-state index contributed by atoms with van der Waals surface area (Å²) in [6.07, 6.45) is 3.88. The standard InChI is InChI=1S/C13H24N2S2/c1-13(2,3)11-6-8-17-12(15-11)14-10-5-4-7-16-9-10/h10-11H,4-9H2,1-3H3,(H,14,15). The molecule has 2 rings (SSSR count). The van der Waals surface area contributed by atoms with Gasteiger partial charge in [-0.1, -0.05) is 32.5 Å². The van der Waals surface area contributed by atoms with Gasteiger partial charge in [-0.15, -0.1) is 0 Å². The molecule has 0 amide bonds. The molecule has 1 saturated heterocycles. The minimum atomic E-state index is 0.301. The van der Waals surface area contributed by atoms with E-state index in [4.69, 9.17) is 4.99 Å².